The molecule has 0 aromatic carbocycles. The summed E-state index contributed by atoms with van der Waals surface area (Å²) >= 11 is 0. The summed E-state index contributed by atoms with van der Waals surface area (Å²) in [6.45, 7) is 0.509. The van der Waals surface area contributed by atoms with Gasteiger partial charge in [0.05, 0.1) is 19.2 Å². The normalized spacial score (nSPS) is 20.9. The lowest BCUT2D eigenvalue weighted by atomic mass is 10.3. The number of aliphatic hydroxyl groups excluding tert-OH is 1. The van der Waals surface area contributed by atoms with E-state index in [9.17, 15) is 0 Å². The largest absolute Gasteiger partial charge is 0.394 e. The van der Waals surface area contributed by atoms with E-state index in [1.807, 2.05) is 6.07 Å². The van der Waals surface area contributed by atoms with Gasteiger partial charge in [-0.1, -0.05) is 0 Å². The van der Waals surface area contributed by atoms with Crippen molar-refractivity contribution in [2.75, 3.05) is 13.2 Å². The highest BCUT2D eigenvalue weighted by Gasteiger charge is 2.41. The third-order valence-corrected chi connectivity index (χ3v) is 1.70. The SMILES string of the molecule is N#CCNC1(CO)CC1. The van der Waals surface area contributed by atoms with E-state index in [2.05, 4.69) is 5.32 Å². The molecule has 0 aromatic rings. The second-order valence-corrected chi connectivity index (χ2v) is 2.45. The van der Waals surface area contributed by atoms with Crippen LogP contribution in [-0.4, -0.2) is 23.8 Å². The molecule has 9 heavy (non-hydrogen) atoms. The minimum atomic E-state index is -0.0737. The van der Waals surface area contributed by atoms with Crippen LogP contribution in [0.15, 0.2) is 0 Å². The Morgan fingerprint density at radius 2 is 2.33 bits per heavy atom. The summed E-state index contributed by atoms with van der Waals surface area (Å²) in [4.78, 5) is 0. The van der Waals surface area contributed by atoms with Crippen LogP contribution in [0.25, 0.3) is 0 Å². The van der Waals surface area contributed by atoms with Crippen molar-refractivity contribution in [2.45, 2.75) is 18.4 Å². The molecule has 2 N–H and O–H groups in total. The molecule has 50 valence electrons. The summed E-state index contributed by atoms with van der Waals surface area (Å²) in [5.74, 6) is 0. The van der Waals surface area contributed by atoms with Crippen molar-refractivity contribution in [1.82, 2.24) is 5.32 Å². The molecule has 1 saturated carbocycles. The molecule has 0 aliphatic heterocycles. The third-order valence-electron chi connectivity index (χ3n) is 1.70. The lowest BCUT2D eigenvalue weighted by Crippen LogP contribution is -2.34. The summed E-state index contributed by atoms with van der Waals surface area (Å²) in [7, 11) is 0. The Morgan fingerprint density at radius 1 is 1.67 bits per heavy atom. The molecule has 3 heteroatoms. The predicted molar refractivity (Wildman–Crippen MR) is 32.7 cm³/mol. The zero-order chi connectivity index (χ0) is 6.74. The molecule has 0 heterocycles. The van der Waals surface area contributed by atoms with E-state index in [4.69, 9.17) is 10.4 Å². The molecule has 1 fully saturated rings. The van der Waals surface area contributed by atoms with Gasteiger partial charge in [-0.15, -0.1) is 0 Å². The zero-order valence-electron chi connectivity index (χ0n) is 5.22. The second-order valence-electron chi connectivity index (χ2n) is 2.45. The summed E-state index contributed by atoms with van der Waals surface area (Å²) in [5, 5.41) is 19.8. The summed E-state index contributed by atoms with van der Waals surface area (Å²) < 4.78 is 0. The standard InChI is InChI=1S/C6H10N2O/c7-3-4-8-6(5-9)1-2-6/h8-9H,1-2,4-5H2. The average Bonchev–Trinajstić information content (AvgIpc) is 2.65. The van der Waals surface area contributed by atoms with E-state index in [0.717, 1.165) is 12.8 Å². The van der Waals surface area contributed by atoms with Crippen molar-refractivity contribution in [2.24, 2.45) is 0 Å². The van der Waals surface area contributed by atoms with Gasteiger partial charge in [0.25, 0.3) is 0 Å². The number of nitrogens with one attached hydrogen (secondary N) is 1. The first-order chi connectivity index (χ1) is 4.33. The molecule has 0 saturated heterocycles. The van der Waals surface area contributed by atoms with Crippen molar-refractivity contribution in [3.8, 4) is 6.07 Å². The highest BCUT2D eigenvalue weighted by molar-refractivity contribution is 5.02. The second kappa shape index (κ2) is 2.34. The molecule has 0 spiro atoms. The molecule has 1 aliphatic carbocycles. The first kappa shape index (κ1) is 6.53. The number of aliphatic hydroxyl groups is 1. The Morgan fingerprint density at radius 3 is 2.67 bits per heavy atom. The maximum atomic E-state index is 8.71. The van der Waals surface area contributed by atoms with Gasteiger partial charge in [-0.05, 0) is 12.8 Å². The Kier molecular flexibility index (Phi) is 1.70. The van der Waals surface area contributed by atoms with Crippen molar-refractivity contribution < 1.29 is 5.11 Å². The van der Waals surface area contributed by atoms with Gasteiger partial charge in [0.1, 0.15) is 0 Å². The molecule has 0 aromatic heterocycles. The predicted octanol–water partition coefficient (Wildman–Crippen LogP) is -0.376. The molecule has 0 radical (unpaired) electrons. The quantitative estimate of drug-likeness (QED) is 0.507. The number of hydrogen-bond donors (Lipinski definition) is 2. The first-order valence-corrected chi connectivity index (χ1v) is 3.06. The van der Waals surface area contributed by atoms with Gasteiger partial charge in [0.2, 0.25) is 0 Å². The van der Waals surface area contributed by atoms with Crippen LogP contribution in [0.5, 0.6) is 0 Å². The van der Waals surface area contributed by atoms with E-state index in [-0.39, 0.29) is 12.1 Å². The minimum absolute atomic E-state index is 0.0737. The van der Waals surface area contributed by atoms with E-state index in [0.29, 0.717) is 6.54 Å². The van der Waals surface area contributed by atoms with Crippen LogP contribution in [-0.2, 0) is 0 Å². The van der Waals surface area contributed by atoms with Crippen LogP contribution in [0.2, 0.25) is 0 Å². The van der Waals surface area contributed by atoms with Crippen LogP contribution in [0.1, 0.15) is 12.8 Å². The molecule has 1 aliphatic rings. The Hall–Kier alpha value is -0.590. The van der Waals surface area contributed by atoms with Gasteiger partial charge in [-0.25, -0.2) is 0 Å². The van der Waals surface area contributed by atoms with Gasteiger partial charge in [-0.3, -0.25) is 5.32 Å². The van der Waals surface area contributed by atoms with Gasteiger partial charge < -0.3 is 5.11 Å². The summed E-state index contributed by atoms with van der Waals surface area (Å²) in [5.41, 5.74) is -0.0737. The Bertz CT molecular complexity index is 134. The van der Waals surface area contributed by atoms with Crippen LogP contribution < -0.4 is 5.32 Å². The van der Waals surface area contributed by atoms with Crippen molar-refractivity contribution >= 4 is 0 Å². The lowest BCUT2D eigenvalue weighted by molar-refractivity contribution is 0.234. The molecular formula is C6H10N2O. The summed E-state index contributed by atoms with van der Waals surface area (Å²) in [6.07, 6.45) is 2.01. The molecule has 0 bridgehead atoms. The third kappa shape index (κ3) is 1.41. The van der Waals surface area contributed by atoms with Gasteiger partial charge in [0.15, 0.2) is 0 Å². The topological polar surface area (TPSA) is 56.0 Å². The van der Waals surface area contributed by atoms with E-state index in [1.165, 1.54) is 0 Å². The smallest absolute Gasteiger partial charge is 0.0845 e. The molecular weight excluding hydrogens is 116 g/mol. The molecule has 3 nitrogen and oxygen atoms in total. The number of nitriles is 1. The van der Waals surface area contributed by atoms with E-state index < -0.39 is 0 Å². The number of nitrogens with zero attached hydrogens (tertiary/aromatic N) is 1. The minimum Gasteiger partial charge on any atom is -0.394 e. The van der Waals surface area contributed by atoms with Crippen LogP contribution in [0.4, 0.5) is 0 Å². The summed E-state index contributed by atoms with van der Waals surface area (Å²) in [6, 6.07) is 1.98. The maximum absolute atomic E-state index is 8.71. The fourth-order valence-corrected chi connectivity index (χ4v) is 0.769. The first-order valence-electron chi connectivity index (χ1n) is 3.06. The number of rotatable bonds is 3. The lowest BCUT2D eigenvalue weighted by Gasteiger charge is -2.09. The van der Waals surface area contributed by atoms with Crippen LogP contribution >= 0.6 is 0 Å². The number of hydrogen-bond acceptors (Lipinski definition) is 3. The van der Waals surface area contributed by atoms with E-state index >= 15 is 0 Å². The van der Waals surface area contributed by atoms with Crippen molar-refractivity contribution in [3.63, 3.8) is 0 Å². The highest BCUT2D eigenvalue weighted by Crippen LogP contribution is 2.33. The molecule has 0 unspecified atom stereocenters. The molecule has 0 atom stereocenters. The van der Waals surface area contributed by atoms with Gasteiger partial charge >= 0.3 is 0 Å². The van der Waals surface area contributed by atoms with Gasteiger partial charge in [-0.2, -0.15) is 5.26 Å². The Labute approximate surface area is 54.3 Å². The highest BCUT2D eigenvalue weighted by atomic mass is 16.3. The molecule has 1 rings (SSSR count). The fourth-order valence-electron chi connectivity index (χ4n) is 0.769. The molecule has 0 amide bonds. The van der Waals surface area contributed by atoms with Crippen molar-refractivity contribution in [1.29, 1.82) is 5.26 Å². The monoisotopic (exact) mass is 126 g/mol. The maximum Gasteiger partial charge on any atom is 0.0845 e. The fraction of sp³-hybridized carbons (Fsp3) is 0.833. The van der Waals surface area contributed by atoms with Crippen molar-refractivity contribution in [3.05, 3.63) is 0 Å². The van der Waals surface area contributed by atoms with Crippen LogP contribution in [0, 0.1) is 11.3 Å². The zero-order valence-corrected chi connectivity index (χ0v) is 5.22. The van der Waals surface area contributed by atoms with Crippen LogP contribution in [0.3, 0.4) is 0 Å². The van der Waals surface area contributed by atoms with E-state index in [1.54, 1.807) is 0 Å². The Balaban J connectivity index is 2.19. The average molecular weight is 126 g/mol. The van der Waals surface area contributed by atoms with Gasteiger partial charge in [0, 0.05) is 5.54 Å².